The zero-order chi connectivity index (χ0) is 10.9. The average molecular weight is 211 g/mol. The number of aryl methyl sites for hydroxylation is 1. The molecular formula is C11H18FN3. The van der Waals surface area contributed by atoms with Crippen LogP contribution in [-0.4, -0.2) is 33.4 Å². The second-order valence-electron chi connectivity index (χ2n) is 4.75. The highest BCUT2D eigenvalue weighted by molar-refractivity contribution is 5.04. The van der Waals surface area contributed by atoms with E-state index in [4.69, 9.17) is 0 Å². The summed E-state index contributed by atoms with van der Waals surface area (Å²) in [5.41, 5.74) is 0.149. The van der Waals surface area contributed by atoms with Crippen LogP contribution in [0.25, 0.3) is 0 Å². The lowest BCUT2D eigenvalue weighted by Gasteiger charge is -2.34. The summed E-state index contributed by atoms with van der Waals surface area (Å²) in [4.78, 5) is 2.17. The predicted octanol–water partition coefficient (Wildman–Crippen LogP) is 1.74. The van der Waals surface area contributed by atoms with E-state index >= 15 is 0 Å². The molecule has 1 aliphatic rings. The molecule has 3 nitrogen and oxygen atoms in total. The topological polar surface area (TPSA) is 21.1 Å². The van der Waals surface area contributed by atoms with E-state index in [0.29, 0.717) is 13.0 Å². The van der Waals surface area contributed by atoms with Crippen LogP contribution in [0.15, 0.2) is 12.4 Å². The first-order chi connectivity index (χ1) is 7.05. The lowest BCUT2D eigenvalue weighted by Crippen LogP contribution is -2.42. The van der Waals surface area contributed by atoms with E-state index in [1.54, 1.807) is 11.6 Å². The quantitative estimate of drug-likeness (QED) is 0.743. The first-order valence-electron chi connectivity index (χ1n) is 5.44. The van der Waals surface area contributed by atoms with Gasteiger partial charge in [0, 0.05) is 31.9 Å². The summed E-state index contributed by atoms with van der Waals surface area (Å²) in [6.07, 6.45) is 5.48. The van der Waals surface area contributed by atoms with Crippen molar-refractivity contribution in [1.29, 1.82) is 0 Å². The van der Waals surface area contributed by atoms with Gasteiger partial charge in [-0.05, 0) is 26.3 Å². The number of halogens is 1. The van der Waals surface area contributed by atoms with Crippen LogP contribution in [0, 0.1) is 0 Å². The Kier molecular flexibility index (Phi) is 2.78. The maximum Gasteiger partial charge on any atom is 0.120 e. The standard InChI is InChI=1S/C11H18FN3/c1-11(12)4-3-5-15(9-11)8-10-6-13-14(2)7-10/h6-7H,3-5,8-9H2,1-2H3/t11-/m0/s1. The molecule has 1 fully saturated rings. The van der Waals surface area contributed by atoms with E-state index < -0.39 is 5.67 Å². The molecule has 84 valence electrons. The minimum absolute atomic E-state index is 0.544. The van der Waals surface area contributed by atoms with Crippen molar-refractivity contribution >= 4 is 0 Å². The monoisotopic (exact) mass is 211 g/mol. The number of nitrogens with zero attached hydrogens (tertiary/aromatic N) is 3. The summed E-state index contributed by atoms with van der Waals surface area (Å²) in [6, 6.07) is 0. The molecule has 0 spiro atoms. The third-order valence-electron chi connectivity index (χ3n) is 2.89. The van der Waals surface area contributed by atoms with Gasteiger partial charge in [-0.25, -0.2) is 4.39 Å². The first-order valence-corrected chi connectivity index (χ1v) is 5.44. The smallest absolute Gasteiger partial charge is 0.120 e. The van der Waals surface area contributed by atoms with E-state index in [-0.39, 0.29) is 0 Å². The Morgan fingerprint density at radius 2 is 2.40 bits per heavy atom. The average Bonchev–Trinajstić information content (AvgIpc) is 2.49. The number of rotatable bonds is 2. The number of hydrogen-bond donors (Lipinski definition) is 0. The van der Waals surface area contributed by atoms with Gasteiger partial charge in [-0.2, -0.15) is 5.10 Å². The van der Waals surface area contributed by atoms with Crippen molar-refractivity contribution < 1.29 is 4.39 Å². The van der Waals surface area contributed by atoms with Gasteiger partial charge in [0.2, 0.25) is 0 Å². The van der Waals surface area contributed by atoms with Crippen LogP contribution in [0.4, 0.5) is 4.39 Å². The highest BCUT2D eigenvalue weighted by Crippen LogP contribution is 2.25. The molecule has 15 heavy (non-hydrogen) atoms. The van der Waals surface area contributed by atoms with Crippen LogP contribution in [0.1, 0.15) is 25.3 Å². The number of aromatic nitrogens is 2. The molecule has 0 aromatic carbocycles. The molecule has 1 atom stereocenters. The lowest BCUT2D eigenvalue weighted by atomic mass is 9.97. The van der Waals surface area contributed by atoms with Crippen molar-refractivity contribution in [2.45, 2.75) is 32.0 Å². The van der Waals surface area contributed by atoms with Gasteiger partial charge in [0.05, 0.1) is 6.20 Å². The van der Waals surface area contributed by atoms with Gasteiger partial charge >= 0.3 is 0 Å². The summed E-state index contributed by atoms with van der Waals surface area (Å²) in [5.74, 6) is 0. The van der Waals surface area contributed by atoms with Crippen molar-refractivity contribution in [3.05, 3.63) is 18.0 Å². The maximum atomic E-state index is 13.8. The fourth-order valence-electron chi connectivity index (χ4n) is 2.24. The molecule has 1 aromatic heterocycles. The molecule has 1 aromatic rings. The minimum Gasteiger partial charge on any atom is -0.296 e. The van der Waals surface area contributed by atoms with E-state index in [2.05, 4.69) is 10.00 Å². The summed E-state index contributed by atoms with van der Waals surface area (Å²) in [6.45, 7) is 4.05. The van der Waals surface area contributed by atoms with Gasteiger partial charge in [-0.15, -0.1) is 0 Å². The Morgan fingerprint density at radius 1 is 1.60 bits per heavy atom. The molecule has 2 heterocycles. The molecule has 0 bridgehead atoms. The second kappa shape index (κ2) is 3.93. The Morgan fingerprint density at radius 3 is 3.00 bits per heavy atom. The fraction of sp³-hybridized carbons (Fsp3) is 0.727. The molecule has 1 aliphatic heterocycles. The Balaban J connectivity index is 1.95. The highest BCUT2D eigenvalue weighted by Gasteiger charge is 2.30. The van der Waals surface area contributed by atoms with Crippen molar-refractivity contribution in [2.24, 2.45) is 7.05 Å². The Labute approximate surface area is 89.9 Å². The third-order valence-corrected chi connectivity index (χ3v) is 2.89. The SMILES string of the molecule is Cn1cc(CN2CCC[C@](C)(F)C2)cn1. The normalized spacial score (nSPS) is 28.2. The maximum absolute atomic E-state index is 13.8. The summed E-state index contributed by atoms with van der Waals surface area (Å²) in [5, 5.41) is 4.11. The highest BCUT2D eigenvalue weighted by atomic mass is 19.1. The molecule has 0 aliphatic carbocycles. The first kappa shape index (κ1) is 10.6. The Hall–Kier alpha value is -0.900. The lowest BCUT2D eigenvalue weighted by molar-refractivity contribution is 0.0563. The number of piperidine rings is 1. The van der Waals surface area contributed by atoms with Gasteiger partial charge in [-0.1, -0.05) is 0 Å². The summed E-state index contributed by atoms with van der Waals surface area (Å²) in [7, 11) is 1.90. The van der Waals surface area contributed by atoms with Gasteiger partial charge in [0.1, 0.15) is 5.67 Å². The van der Waals surface area contributed by atoms with Crippen LogP contribution in [-0.2, 0) is 13.6 Å². The van der Waals surface area contributed by atoms with Crippen LogP contribution in [0.2, 0.25) is 0 Å². The largest absolute Gasteiger partial charge is 0.296 e. The number of alkyl halides is 1. The zero-order valence-electron chi connectivity index (χ0n) is 9.41. The van der Waals surface area contributed by atoms with E-state index in [0.717, 1.165) is 25.1 Å². The van der Waals surface area contributed by atoms with Crippen molar-refractivity contribution in [3.63, 3.8) is 0 Å². The fourth-order valence-corrected chi connectivity index (χ4v) is 2.24. The molecule has 1 saturated heterocycles. The molecule has 0 amide bonds. The molecule has 2 rings (SSSR count). The van der Waals surface area contributed by atoms with Crippen LogP contribution in [0.3, 0.4) is 0 Å². The summed E-state index contributed by atoms with van der Waals surface area (Å²) >= 11 is 0. The van der Waals surface area contributed by atoms with E-state index in [9.17, 15) is 4.39 Å². The third kappa shape index (κ3) is 2.78. The molecule has 0 radical (unpaired) electrons. The molecule has 0 N–H and O–H groups in total. The van der Waals surface area contributed by atoms with Crippen molar-refractivity contribution in [3.8, 4) is 0 Å². The van der Waals surface area contributed by atoms with Crippen LogP contribution < -0.4 is 0 Å². The van der Waals surface area contributed by atoms with E-state index in [1.807, 2.05) is 19.4 Å². The number of hydrogen-bond acceptors (Lipinski definition) is 2. The van der Waals surface area contributed by atoms with Gasteiger partial charge in [-0.3, -0.25) is 9.58 Å². The number of likely N-dealkylation sites (tertiary alicyclic amines) is 1. The molecule has 0 unspecified atom stereocenters. The van der Waals surface area contributed by atoms with Gasteiger partial charge in [0.25, 0.3) is 0 Å². The van der Waals surface area contributed by atoms with Crippen molar-refractivity contribution in [1.82, 2.24) is 14.7 Å². The Bertz CT molecular complexity index is 332. The molecule has 4 heteroatoms. The van der Waals surface area contributed by atoms with Gasteiger partial charge in [0.15, 0.2) is 0 Å². The molecular weight excluding hydrogens is 193 g/mol. The van der Waals surface area contributed by atoms with Gasteiger partial charge < -0.3 is 0 Å². The molecule has 0 saturated carbocycles. The zero-order valence-corrected chi connectivity index (χ0v) is 9.41. The van der Waals surface area contributed by atoms with Crippen LogP contribution >= 0.6 is 0 Å². The summed E-state index contributed by atoms with van der Waals surface area (Å²) < 4.78 is 15.6. The van der Waals surface area contributed by atoms with Crippen molar-refractivity contribution in [2.75, 3.05) is 13.1 Å². The minimum atomic E-state index is -1.01. The van der Waals surface area contributed by atoms with E-state index in [1.165, 1.54) is 0 Å². The second-order valence-corrected chi connectivity index (χ2v) is 4.75. The van der Waals surface area contributed by atoms with Crippen LogP contribution in [0.5, 0.6) is 0 Å². The predicted molar refractivity (Wildman–Crippen MR) is 57.2 cm³/mol.